The van der Waals surface area contributed by atoms with Crippen LogP contribution in [0.5, 0.6) is 0 Å². The standard InChI is InChI=1S/C19H17Br2NO3/c1-25-19(24)17(9-5-8-13-6-3-2-4-7-13)22-18(23)14-10-15(20)12-16(21)11-14/h2-8,10-12,17H,9H2,1H3,(H,22,23)/b8-5+/t17-/m0/s1. The molecule has 0 aliphatic heterocycles. The molecule has 1 amide bonds. The van der Waals surface area contributed by atoms with Gasteiger partial charge in [0.25, 0.3) is 5.91 Å². The molecule has 0 fully saturated rings. The second-order valence-corrected chi connectivity index (χ2v) is 7.09. The molecule has 0 bridgehead atoms. The van der Waals surface area contributed by atoms with E-state index in [1.807, 2.05) is 48.6 Å². The van der Waals surface area contributed by atoms with Crippen molar-refractivity contribution in [1.29, 1.82) is 0 Å². The van der Waals surface area contributed by atoms with Crippen LogP contribution in [0.15, 0.2) is 63.6 Å². The van der Waals surface area contributed by atoms with Crippen molar-refractivity contribution in [3.8, 4) is 0 Å². The van der Waals surface area contributed by atoms with Crippen LogP contribution in [0.2, 0.25) is 0 Å². The number of hydrogen-bond donors (Lipinski definition) is 1. The molecule has 0 aliphatic carbocycles. The van der Waals surface area contributed by atoms with Crippen molar-refractivity contribution < 1.29 is 14.3 Å². The third-order valence-corrected chi connectivity index (χ3v) is 4.31. The summed E-state index contributed by atoms with van der Waals surface area (Å²) in [6, 6.07) is 14.2. The molecule has 4 nitrogen and oxygen atoms in total. The summed E-state index contributed by atoms with van der Waals surface area (Å²) in [5.41, 5.74) is 1.47. The number of amides is 1. The van der Waals surface area contributed by atoms with Crippen LogP contribution in [0, 0.1) is 0 Å². The Kier molecular flexibility index (Phi) is 7.40. The minimum atomic E-state index is -0.754. The van der Waals surface area contributed by atoms with Gasteiger partial charge < -0.3 is 10.1 Å². The first kappa shape index (κ1) is 19.4. The third-order valence-electron chi connectivity index (χ3n) is 3.40. The van der Waals surface area contributed by atoms with Crippen molar-refractivity contribution in [2.75, 3.05) is 7.11 Å². The molecular weight excluding hydrogens is 450 g/mol. The molecule has 130 valence electrons. The van der Waals surface area contributed by atoms with E-state index in [1.165, 1.54) is 7.11 Å². The molecule has 0 saturated carbocycles. The largest absolute Gasteiger partial charge is 0.467 e. The Morgan fingerprint density at radius 3 is 2.36 bits per heavy atom. The van der Waals surface area contributed by atoms with Gasteiger partial charge in [-0.1, -0.05) is 74.3 Å². The molecule has 0 unspecified atom stereocenters. The zero-order valence-corrected chi connectivity index (χ0v) is 16.7. The van der Waals surface area contributed by atoms with Gasteiger partial charge in [0.15, 0.2) is 0 Å². The summed E-state index contributed by atoms with van der Waals surface area (Å²) in [6.07, 6.45) is 4.08. The molecule has 25 heavy (non-hydrogen) atoms. The maximum Gasteiger partial charge on any atom is 0.328 e. The van der Waals surface area contributed by atoms with E-state index < -0.39 is 12.0 Å². The molecule has 1 atom stereocenters. The van der Waals surface area contributed by atoms with Crippen molar-refractivity contribution in [2.24, 2.45) is 0 Å². The van der Waals surface area contributed by atoms with Crippen molar-refractivity contribution >= 4 is 49.8 Å². The summed E-state index contributed by atoms with van der Waals surface area (Å²) in [5, 5.41) is 2.72. The average Bonchev–Trinajstić information content (AvgIpc) is 2.60. The predicted molar refractivity (Wildman–Crippen MR) is 105 cm³/mol. The minimum Gasteiger partial charge on any atom is -0.467 e. The number of methoxy groups -OCH3 is 1. The summed E-state index contributed by atoms with van der Waals surface area (Å²) < 4.78 is 6.33. The van der Waals surface area contributed by atoms with E-state index in [0.717, 1.165) is 14.5 Å². The van der Waals surface area contributed by atoms with Gasteiger partial charge in [-0.3, -0.25) is 4.79 Å². The van der Waals surface area contributed by atoms with Crippen LogP contribution in [0.3, 0.4) is 0 Å². The lowest BCUT2D eigenvalue weighted by Gasteiger charge is -2.15. The van der Waals surface area contributed by atoms with Gasteiger partial charge in [0.1, 0.15) is 6.04 Å². The van der Waals surface area contributed by atoms with Crippen LogP contribution < -0.4 is 5.32 Å². The van der Waals surface area contributed by atoms with Gasteiger partial charge in [-0.2, -0.15) is 0 Å². The molecule has 0 spiro atoms. The number of ether oxygens (including phenoxy) is 1. The van der Waals surface area contributed by atoms with E-state index in [0.29, 0.717) is 12.0 Å². The minimum absolute atomic E-state index is 0.336. The zero-order valence-electron chi connectivity index (χ0n) is 13.5. The molecule has 6 heteroatoms. The number of carbonyl (C=O) groups is 2. The SMILES string of the molecule is COC(=O)[C@H](C/C=C/c1ccccc1)NC(=O)c1cc(Br)cc(Br)c1. The number of rotatable bonds is 6. The van der Waals surface area contributed by atoms with Gasteiger partial charge in [0, 0.05) is 14.5 Å². The fraction of sp³-hybridized carbons (Fsp3) is 0.158. The molecule has 2 aromatic carbocycles. The van der Waals surface area contributed by atoms with Crippen molar-refractivity contribution in [1.82, 2.24) is 5.32 Å². The predicted octanol–water partition coefficient (Wildman–Crippen LogP) is 4.59. The summed E-state index contributed by atoms with van der Waals surface area (Å²) in [7, 11) is 1.30. The van der Waals surface area contributed by atoms with Crippen molar-refractivity contribution in [3.05, 3.63) is 74.7 Å². The lowest BCUT2D eigenvalue weighted by atomic mass is 10.1. The second kappa shape index (κ2) is 9.53. The highest BCUT2D eigenvalue weighted by atomic mass is 79.9. The second-order valence-electron chi connectivity index (χ2n) is 5.26. The molecular formula is C19H17Br2NO3. The number of benzene rings is 2. The Morgan fingerprint density at radius 2 is 1.76 bits per heavy atom. The van der Waals surface area contributed by atoms with Gasteiger partial charge in [-0.05, 0) is 30.2 Å². The first-order chi connectivity index (χ1) is 12.0. The van der Waals surface area contributed by atoms with Crippen LogP contribution in [-0.2, 0) is 9.53 Å². The van der Waals surface area contributed by atoms with E-state index >= 15 is 0 Å². The van der Waals surface area contributed by atoms with E-state index in [-0.39, 0.29) is 5.91 Å². The number of hydrogen-bond acceptors (Lipinski definition) is 3. The number of nitrogens with one attached hydrogen (secondary N) is 1. The summed E-state index contributed by atoms with van der Waals surface area (Å²) >= 11 is 6.69. The Hall–Kier alpha value is -1.92. The molecule has 0 aromatic heterocycles. The Morgan fingerprint density at radius 1 is 1.12 bits per heavy atom. The Labute approximate surface area is 163 Å². The number of carbonyl (C=O) groups excluding carboxylic acids is 2. The summed E-state index contributed by atoms with van der Waals surface area (Å²) in [6.45, 7) is 0. The van der Waals surface area contributed by atoms with Crippen LogP contribution in [-0.4, -0.2) is 25.0 Å². The highest BCUT2D eigenvalue weighted by Crippen LogP contribution is 2.20. The normalized spacial score (nSPS) is 12.0. The fourth-order valence-electron chi connectivity index (χ4n) is 2.19. The van der Waals surface area contributed by atoms with E-state index in [1.54, 1.807) is 12.1 Å². The molecule has 0 radical (unpaired) electrons. The topological polar surface area (TPSA) is 55.4 Å². The van der Waals surface area contributed by atoms with E-state index in [4.69, 9.17) is 4.74 Å². The van der Waals surface area contributed by atoms with Gasteiger partial charge in [-0.25, -0.2) is 4.79 Å². The first-order valence-corrected chi connectivity index (χ1v) is 9.14. The number of esters is 1. The monoisotopic (exact) mass is 465 g/mol. The molecule has 1 N–H and O–H groups in total. The first-order valence-electron chi connectivity index (χ1n) is 7.56. The van der Waals surface area contributed by atoms with Crippen LogP contribution >= 0.6 is 31.9 Å². The summed E-state index contributed by atoms with van der Waals surface area (Å²) in [5.74, 6) is -0.828. The van der Waals surface area contributed by atoms with Gasteiger partial charge in [0.2, 0.25) is 0 Å². The average molecular weight is 467 g/mol. The Balaban J connectivity index is 2.08. The van der Waals surface area contributed by atoms with E-state index in [9.17, 15) is 9.59 Å². The fourth-order valence-corrected chi connectivity index (χ4v) is 3.48. The van der Waals surface area contributed by atoms with Crippen LogP contribution in [0.25, 0.3) is 6.08 Å². The van der Waals surface area contributed by atoms with Gasteiger partial charge in [-0.15, -0.1) is 0 Å². The molecule has 2 rings (SSSR count). The van der Waals surface area contributed by atoms with E-state index in [2.05, 4.69) is 37.2 Å². The van der Waals surface area contributed by atoms with Gasteiger partial charge >= 0.3 is 5.97 Å². The summed E-state index contributed by atoms with van der Waals surface area (Å²) in [4.78, 5) is 24.4. The van der Waals surface area contributed by atoms with Crippen LogP contribution in [0.1, 0.15) is 22.3 Å². The third kappa shape index (κ3) is 6.14. The molecule has 0 heterocycles. The van der Waals surface area contributed by atoms with Crippen LogP contribution in [0.4, 0.5) is 0 Å². The van der Waals surface area contributed by atoms with Gasteiger partial charge in [0.05, 0.1) is 7.11 Å². The highest BCUT2D eigenvalue weighted by Gasteiger charge is 2.21. The quantitative estimate of drug-likeness (QED) is 0.633. The lowest BCUT2D eigenvalue weighted by molar-refractivity contribution is -0.142. The zero-order chi connectivity index (χ0) is 18.2. The maximum atomic E-state index is 12.4. The number of halogens is 2. The smallest absolute Gasteiger partial charge is 0.328 e. The molecule has 2 aromatic rings. The molecule has 0 saturated heterocycles. The van der Waals surface area contributed by atoms with Crippen molar-refractivity contribution in [2.45, 2.75) is 12.5 Å². The molecule has 0 aliphatic rings. The lowest BCUT2D eigenvalue weighted by Crippen LogP contribution is -2.41. The Bertz CT molecular complexity index is 755. The van der Waals surface area contributed by atoms with Crippen molar-refractivity contribution in [3.63, 3.8) is 0 Å². The maximum absolute atomic E-state index is 12.4. The highest BCUT2D eigenvalue weighted by molar-refractivity contribution is 9.11.